The summed E-state index contributed by atoms with van der Waals surface area (Å²) in [6, 6.07) is 8.89. The zero-order valence-electron chi connectivity index (χ0n) is 10.4. The molecule has 2 rings (SSSR count). The summed E-state index contributed by atoms with van der Waals surface area (Å²) in [5, 5.41) is 12.2. The van der Waals surface area contributed by atoms with Crippen molar-refractivity contribution in [2.45, 2.75) is 19.4 Å². The second kappa shape index (κ2) is 5.93. The number of anilines is 1. The van der Waals surface area contributed by atoms with Gasteiger partial charge in [0.15, 0.2) is 0 Å². The van der Waals surface area contributed by atoms with Crippen molar-refractivity contribution in [2.75, 3.05) is 5.32 Å². The smallest absolute Gasteiger partial charge is 0.335 e. The third kappa shape index (κ3) is 3.61. The van der Waals surface area contributed by atoms with Gasteiger partial charge in [-0.2, -0.15) is 0 Å². The van der Waals surface area contributed by atoms with E-state index in [9.17, 15) is 4.79 Å². The Morgan fingerprint density at radius 2 is 2.26 bits per heavy atom. The maximum atomic E-state index is 10.8. The molecule has 5 heteroatoms. The number of benzene rings is 1. The maximum absolute atomic E-state index is 10.8. The fraction of sp³-hybridized carbons (Fsp3) is 0.214. The lowest BCUT2D eigenvalue weighted by Crippen LogP contribution is -2.18. The fourth-order valence-electron chi connectivity index (χ4n) is 1.81. The fourth-order valence-corrected chi connectivity index (χ4v) is 2.31. The Labute approximate surface area is 119 Å². The molecule has 0 amide bonds. The summed E-state index contributed by atoms with van der Waals surface area (Å²) in [6.45, 7) is 2.04. The molecular weight excluding hydrogens is 310 g/mol. The Morgan fingerprint density at radius 1 is 1.47 bits per heavy atom. The number of carbonyl (C=O) groups is 1. The Balaban J connectivity index is 2.04. The van der Waals surface area contributed by atoms with Gasteiger partial charge in [0.1, 0.15) is 5.76 Å². The number of aromatic carboxylic acids is 1. The van der Waals surface area contributed by atoms with E-state index in [0.717, 1.165) is 22.3 Å². The largest absolute Gasteiger partial charge is 0.478 e. The number of carboxylic acid groups (broad SMARTS) is 1. The highest BCUT2D eigenvalue weighted by molar-refractivity contribution is 9.10. The molecule has 0 bridgehead atoms. The first-order chi connectivity index (χ1) is 9.06. The summed E-state index contributed by atoms with van der Waals surface area (Å²) in [4.78, 5) is 10.8. The molecule has 4 nitrogen and oxygen atoms in total. The van der Waals surface area contributed by atoms with E-state index in [1.54, 1.807) is 24.5 Å². The minimum atomic E-state index is -0.934. The molecule has 1 unspecified atom stereocenters. The Kier molecular flexibility index (Phi) is 4.27. The van der Waals surface area contributed by atoms with Crippen molar-refractivity contribution in [3.63, 3.8) is 0 Å². The average Bonchev–Trinajstić information content (AvgIpc) is 2.84. The molecule has 0 saturated heterocycles. The molecule has 0 aliphatic heterocycles. The summed E-state index contributed by atoms with van der Waals surface area (Å²) in [6.07, 6.45) is 2.42. The molecule has 19 heavy (non-hydrogen) atoms. The molecule has 1 aromatic heterocycles. The number of hydrogen-bond acceptors (Lipinski definition) is 3. The van der Waals surface area contributed by atoms with Gasteiger partial charge in [-0.1, -0.05) is 0 Å². The molecule has 1 atom stereocenters. The second-order valence-corrected chi connectivity index (χ2v) is 5.18. The lowest BCUT2D eigenvalue weighted by molar-refractivity contribution is 0.0697. The quantitative estimate of drug-likeness (QED) is 0.878. The molecule has 0 spiro atoms. The van der Waals surface area contributed by atoms with Gasteiger partial charge in [-0.15, -0.1) is 0 Å². The lowest BCUT2D eigenvalue weighted by atomic mass is 10.1. The monoisotopic (exact) mass is 323 g/mol. The highest BCUT2D eigenvalue weighted by Gasteiger charge is 2.10. The standard InChI is InChI=1S/C14H14BrNO3/c1-9(7-11-3-2-6-19-11)16-13-5-4-10(14(17)18)8-12(13)15/h2-6,8-9,16H,7H2,1H3,(H,17,18). The van der Waals surface area contributed by atoms with Crippen molar-refractivity contribution in [3.05, 3.63) is 52.4 Å². The molecule has 1 aromatic carbocycles. The van der Waals surface area contributed by atoms with Gasteiger partial charge >= 0.3 is 5.97 Å². The normalized spacial score (nSPS) is 12.1. The van der Waals surface area contributed by atoms with Gasteiger partial charge < -0.3 is 14.8 Å². The third-order valence-corrected chi connectivity index (χ3v) is 3.36. The van der Waals surface area contributed by atoms with Crippen LogP contribution in [0.2, 0.25) is 0 Å². The van der Waals surface area contributed by atoms with Gasteiger partial charge in [0, 0.05) is 22.6 Å². The number of nitrogens with one attached hydrogen (secondary N) is 1. The second-order valence-electron chi connectivity index (χ2n) is 4.33. The van der Waals surface area contributed by atoms with Crippen molar-refractivity contribution in [1.29, 1.82) is 0 Å². The number of furan rings is 1. The zero-order chi connectivity index (χ0) is 13.8. The molecule has 1 heterocycles. The first kappa shape index (κ1) is 13.7. The van der Waals surface area contributed by atoms with E-state index in [4.69, 9.17) is 9.52 Å². The Hall–Kier alpha value is -1.75. The van der Waals surface area contributed by atoms with Crippen LogP contribution >= 0.6 is 15.9 Å². The molecule has 0 aliphatic rings. The Morgan fingerprint density at radius 3 is 2.84 bits per heavy atom. The summed E-state index contributed by atoms with van der Waals surface area (Å²) < 4.78 is 6.03. The summed E-state index contributed by atoms with van der Waals surface area (Å²) >= 11 is 3.37. The van der Waals surface area contributed by atoms with E-state index in [1.807, 2.05) is 19.1 Å². The van der Waals surface area contributed by atoms with E-state index >= 15 is 0 Å². The number of carboxylic acids is 1. The maximum Gasteiger partial charge on any atom is 0.335 e. The molecular formula is C14H14BrNO3. The first-order valence-electron chi connectivity index (χ1n) is 5.88. The SMILES string of the molecule is CC(Cc1ccco1)Nc1ccc(C(=O)O)cc1Br. The van der Waals surface area contributed by atoms with E-state index in [2.05, 4.69) is 21.2 Å². The zero-order valence-corrected chi connectivity index (χ0v) is 12.0. The molecule has 0 fully saturated rings. The van der Waals surface area contributed by atoms with Crippen LogP contribution in [0, 0.1) is 0 Å². The van der Waals surface area contributed by atoms with Gasteiger partial charge in [0.2, 0.25) is 0 Å². The van der Waals surface area contributed by atoms with Crippen LogP contribution in [0.4, 0.5) is 5.69 Å². The molecule has 2 aromatic rings. The van der Waals surface area contributed by atoms with E-state index < -0.39 is 5.97 Å². The lowest BCUT2D eigenvalue weighted by Gasteiger charge is -2.15. The minimum Gasteiger partial charge on any atom is -0.478 e. The molecule has 0 radical (unpaired) electrons. The molecule has 100 valence electrons. The highest BCUT2D eigenvalue weighted by atomic mass is 79.9. The van der Waals surface area contributed by atoms with Crippen LogP contribution < -0.4 is 5.32 Å². The van der Waals surface area contributed by atoms with Crippen molar-refractivity contribution in [1.82, 2.24) is 0 Å². The van der Waals surface area contributed by atoms with Crippen LogP contribution in [-0.2, 0) is 6.42 Å². The van der Waals surface area contributed by atoms with Crippen LogP contribution in [-0.4, -0.2) is 17.1 Å². The highest BCUT2D eigenvalue weighted by Crippen LogP contribution is 2.25. The van der Waals surface area contributed by atoms with Gasteiger partial charge in [-0.3, -0.25) is 0 Å². The first-order valence-corrected chi connectivity index (χ1v) is 6.67. The van der Waals surface area contributed by atoms with Crippen molar-refractivity contribution < 1.29 is 14.3 Å². The number of halogens is 1. The van der Waals surface area contributed by atoms with Gasteiger partial charge in [-0.05, 0) is 53.2 Å². The van der Waals surface area contributed by atoms with Gasteiger partial charge in [0.05, 0.1) is 11.8 Å². The molecule has 0 saturated carbocycles. The van der Waals surface area contributed by atoms with Crippen LogP contribution in [0.1, 0.15) is 23.0 Å². The predicted octanol–water partition coefficient (Wildman–Crippen LogP) is 3.78. The topological polar surface area (TPSA) is 62.5 Å². The number of hydrogen-bond donors (Lipinski definition) is 2. The minimum absolute atomic E-state index is 0.179. The van der Waals surface area contributed by atoms with Crippen molar-refractivity contribution >= 4 is 27.6 Å². The van der Waals surface area contributed by atoms with Gasteiger partial charge in [0.25, 0.3) is 0 Å². The van der Waals surface area contributed by atoms with E-state index in [-0.39, 0.29) is 11.6 Å². The van der Waals surface area contributed by atoms with Crippen molar-refractivity contribution in [2.24, 2.45) is 0 Å². The third-order valence-electron chi connectivity index (χ3n) is 2.71. The van der Waals surface area contributed by atoms with Crippen LogP contribution in [0.3, 0.4) is 0 Å². The molecule has 0 aliphatic carbocycles. The number of rotatable bonds is 5. The summed E-state index contributed by atoms with van der Waals surface area (Å²) in [5.41, 5.74) is 1.13. The van der Waals surface area contributed by atoms with Crippen LogP contribution in [0.15, 0.2) is 45.5 Å². The summed E-state index contributed by atoms with van der Waals surface area (Å²) in [5.74, 6) is -0.0193. The van der Waals surface area contributed by atoms with Gasteiger partial charge in [-0.25, -0.2) is 4.79 Å². The molecule has 2 N–H and O–H groups in total. The van der Waals surface area contributed by atoms with Crippen molar-refractivity contribution in [3.8, 4) is 0 Å². The van der Waals surface area contributed by atoms with Crippen LogP contribution in [0.5, 0.6) is 0 Å². The summed E-state index contributed by atoms with van der Waals surface area (Å²) in [7, 11) is 0. The predicted molar refractivity (Wildman–Crippen MR) is 76.6 cm³/mol. The van der Waals surface area contributed by atoms with Crippen LogP contribution in [0.25, 0.3) is 0 Å². The van der Waals surface area contributed by atoms with E-state index in [1.165, 1.54) is 0 Å². The average molecular weight is 324 g/mol. The Bertz CT molecular complexity index is 566. The van der Waals surface area contributed by atoms with E-state index in [0.29, 0.717) is 0 Å².